The topological polar surface area (TPSA) is 143 Å². The van der Waals surface area contributed by atoms with E-state index < -0.39 is 61.1 Å². The second kappa shape index (κ2) is 9.36. The minimum absolute atomic E-state index is 0.0461. The minimum Gasteiger partial charge on any atom is -0.176 e. The molecule has 0 radical (unpaired) electrons. The van der Waals surface area contributed by atoms with Crippen molar-refractivity contribution in [1.29, 1.82) is 0 Å². The monoisotopic (exact) mass is 538 g/mol. The molecule has 0 aromatic rings. The predicted octanol–water partition coefficient (Wildman–Crippen LogP) is 1.96. The molecule has 10 nitrogen and oxygen atoms in total. The maximum absolute atomic E-state index is 13.2. The van der Waals surface area contributed by atoms with E-state index in [1.165, 1.54) is 0 Å². The summed E-state index contributed by atoms with van der Waals surface area (Å²) in [4.78, 5) is 0. The van der Waals surface area contributed by atoms with Gasteiger partial charge in [0.2, 0.25) is 0 Å². The van der Waals surface area contributed by atoms with Gasteiger partial charge in [-0.1, -0.05) is 15.5 Å². The lowest BCUT2D eigenvalue weighted by Crippen LogP contribution is -2.43. The number of hydrogen-bond acceptors (Lipinski definition) is 8. The van der Waals surface area contributed by atoms with Crippen LogP contribution in [0.25, 0.3) is 0 Å². The van der Waals surface area contributed by atoms with E-state index in [0.29, 0.717) is 6.42 Å². The summed E-state index contributed by atoms with van der Waals surface area (Å²) in [7, 11) is -23.2. The summed E-state index contributed by atoms with van der Waals surface area (Å²) in [5, 5.41) is 0. The van der Waals surface area contributed by atoms with Gasteiger partial charge in [-0.05, 0) is 77.0 Å². The highest BCUT2D eigenvalue weighted by Crippen LogP contribution is 2.39. The van der Waals surface area contributed by atoms with Crippen molar-refractivity contribution in [2.24, 2.45) is 11.8 Å². The second-order valence-electron chi connectivity index (χ2n) is 7.80. The molecule has 0 amide bonds. The Morgan fingerprint density at radius 1 is 0.484 bits per heavy atom. The van der Waals surface area contributed by atoms with Gasteiger partial charge in [-0.3, -0.25) is 0 Å². The number of halogens is 4. The summed E-state index contributed by atoms with van der Waals surface area (Å²) in [5.74, 6) is -0.0922. The number of hydrogen-bond donors (Lipinski definition) is 0. The average Bonchev–Trinajstić information content (AvgIpc) is 2.53. The normalized spacial score (nSPS) is 29.4. The van der Waals surface area contributed by atoms with Crippen molar-refractivity contribution in [2.75, 3.05) is 0 Å². The van der Waals surface area contributed by atoms with Gasteiger partial charge in [0.15, 0.2) is 0 Å². The maximum Gasteiger partial charge on any atom is 0.390 e. The Hall–Kier alpha value is -0.560. The first-order chi connectivity index (χ1) is 13.9. The highest BCUT2D eigenvalue weighted by atomic mass is 32.3. The molecule has 2 saturated carbocycles. The molecule has 31 heavy (non-hydrogen) atoms. The first kappa shape index (κ1) is 26.7. The van der Waals surface area contributed by atoms with Crippen LogP contribution in [-0.2, 0) is 41.6 Å². The van der Waals surface area contributed by atoms with Gasteiger partial charge in [-0.2, -0.15) is 33.7 Å². The predicted molar refractivity (Wildman–Crippen MR) is 99.9 cm³/mol. The van der Waals surface area contributed by atoms with E-state index in [9.17, 15) is 49.2 Å². The van der Waals surface area contributed by atoms with Crippen molar-refractivity contribution in [3.63, 3.8) is 0 Å². The largest absolute Gasteiger partial charge is 0.390 e. The van der Waals surface area contributed by atoms with Crippen LogP contribution in [0.2, 0.25) is 0 Å². The van der Waals surface area contributed by atoms with Crippen molar-refractivity contribution in [3.05, 3.63) is 0 Å². The molecule has 2 aliphatic rings. The van der Waals surface area contributed by atoms with Gasteiger partial charge in [-0.25, -0.2) is 0 Å². The smallest absolute Gasteiger partial charge is 0.176 e. The summed E-state index contributed by atoms with van der Waals surface area (Å²) in [6.07, 6.45) is 1.23. The van der Waals surface area contributed by atoms with Crippen LogP contribution in [0.1, 0.15) is 57.8 Å². The standard InChI is InChI=1S/C13H22F4N2O8S4/c14-28(20,21)18(29(15,22)23)12-5-1-10(2-6-12)9-11-3-7-13(8-4-11)19(30(16,24)25)31(17,26)27/h10-13H,1-9H2. The minimum atomic E-state index is -5.80. The molecule has 0 heterocycles. The van der Waals surface area contributed by atoms with E-state index in [-0.39, 0.29) is 63.2 Å². The van der Waals surface area contributed by atoms with Crippen molar-refractivity contribution < 1.29 is 49.2 Å². The Balaban J connectivity index is 1.93. The Morgan fingerprint density at radius 3 is 0.903 bits per heavy atom. The lowest BCUT2D eigenvalue weighted by Gasteiger charge is -2.36. The molecule has 2 fully saturated rings. The summed E-state index contributed by atoms with van der Waals surface area (Å²) < 4.78 is 139. The highest BCUT2D eigenvalue weighted by Gasteiger charge is 2.44. The SMILES string of the molecule is O=S(=O)(F)N(C1CCC(CC2CCC(N(S(=O)(=O)F)S(=O)(=O)F)CC2)CC1)S(=O)(=O)F. The van der Waals surface area contributed by atoms with Gasteiger partial charge in [-0.15, -0.1) is 0 Å². The van der Waals surface area contributed by atoms with E-state index in [0.717, 1.165) is 0 Å². The van der Waals surface area contributed by atoms with Gasteiger partial charge >= 0.3 is 41.6 Å². The Morgan fingerprint density at radius 2 is 0.710 bits per heavy atom. The Bertz CT molecular complexity index is 915. The summed E-state index contributed by atoms with van der Waals surface area (Å²) in [6.45, 7) is 0. The van der Waals surface area contributed by atoms with Crippen molar-refractivity contribution in [3.8, 4) is 0 Å². The number of nitrogens with zero attached hydrogens (tertiary/aromatic N) is 2. The van der Waals surface area contributed by atoms with Crippen molar-refractivity contribution >= 4 is 41.6 Å². The average molecular weight is 539 g/mol. The first-order valence-corrected chi connectivity index (χ1v) is 14.6. The van der Waals surface area contributed by atoms with Crippen LogP contribution >= 0.6 is 0 Å². The second-order valence-corrected chi connectivity index (χ2v) is 13.1. The van der Waals surface area contributed by atoms with Crippen LogP contribution in [0, 0.1) is 11.8 Å². The van der Waals surface area contributed by atoms with Gasteiger partial charge in [0.05, 0.1) is 0 Å². The molecule has 18 heteroatoms. The molecule has 0 aliphatic heterocycles. The molecule has 0 atom stereocenters. The van der Waals surface area contributed by atoms with E-state index in [4.69, 9.17) is 0 Å². The zero-order valence-corrected chi connectivity index (χ0v) is 19.2. The highest BCUT2D eigenvalue weighted by molar-refractivity contribution is 7.99. The quantitative estimate of drug-likeness (QED) is 0.337. The fourth-order valence-corrected chi connectivity index (χ4v) is 8.55. The molecule has 0 bridgehead atoms. The van der Waals surface area contributed by atoms with Crippen LogP contribution < -0.4 is 0 Å². The van der Waals surface area contributed by atoms with E-state index in [1.807, 2.05) is 0 Å². The third-order valence-corrected chi connectivity index (χ3v) is 10.8. The molecule has 2 rings (SSSR count). The first-order valence-electron chi connectivity index (χ1n) is 9.28. The Kier molecular flexibility index (Phi) is 8.06. The fourth-order valence-electron chi connectivity index (χ4n) is 4.58. The molecule has 0 aromatic carbocycles. The molecular weight excluding hydrogens is 516 g/mol. The molecule has 184 valence electrons. The molecule has 0 spiro atoms. The van der Waals surface area contributed by atoms with Crippen LogP contribution in [-0.4, -0.2) is 53.2 Å². The maximum atomic E-state index is 13.2. The third-order valence-electron chi connectivity index (χ3n) is 5.76. The van der Waals surface area contributed by atoms with Crippen LogP contribution in [0.3, 0.4) is 0 Å². The summed E-state index contributed by atoms with van der Waals surface area (Å²) in [5.41, 5.74) is 0. The molecule has 0 saturated heterocycles. The lowest BCUT2D eigenvalue weighted by molar-refractivity contribution is 0.188. The summed E-state index contributed by atoms with van der Waals surface area (Å²) in [6, 6.07) is -2.76. The molecule has 2 aliphatic carbocycles. The number of rotatable bonds is 8. The van der Waals surface area contributed by atoms with Crippen LogP contribution in [0.15, 0.2) is 0 Å². The van der Waals surface area contributed by atoms with Gasteiger partial charge in [0, 0.05) is 12.1 Å². The summed E-state index contributed by atoms with van der Waals surface area (Å²) >= 11 is 0. The molecule has 0 unspecified atom stereocenters. The van der Waals surface area contributed by atoms with Crippen LogP contribution in [0.4, 0.5) is 15.5 Å². The third kappa shape index (κ3) is 7.21. The van der Waals surface area contributed by atoms with E-state index in [2.05, 4.69) is 0 Å². The van der Waals surface area contributed by atoms with Gasteiger partial charge < -0.3 is 0 Å². The molecule has 0 aromatic heterocycles. The van der Waals surface area contributed by atoms with Crippen molar-refractivity contribution in [2.45, 2.75) is 69.9 Å². The van der Waals surface area contributed by atoms with E-state index >= 15 is 0 Å². The van der Waals surface area contributed by atoms with Crippen molar-refractivity contribution in [1.82, 2.24) is 7.42 Å². The van der Waals surface area contributed by atoms with Gasteiger partial charge in [0.25, 0.3) is 0 Å². The zero-order chi connectivity index (χ0) is 23.8. The zero-order valence-electron chi connectivity index (χ0n) is 16.0. The lowest BCUT2D eigenvalue weighted by atomic mass is 9.76. The molecule has 0 N–H and O–H groups in total. The Labute approximate surface area is 180 Å². The van der Waals surface area contributed by atoms with Crippen LogP contribution in [0.5, 0.6) is 0 Å². The fraction of sp³-hybridized carbons (Fsp3) is 1.00. The molecular formula is C13H22F4N2O8S4. The van der Waals surface area contributed by atoms with E-state index in [1.54, 1.807) is 0 Å². The van der Waals surface area contributed by atoms with Gasteiger partial charge in [0.1, 0.15) is 0 Å².